The molecule has 3 N–H and O–H groups in total. The number of primary amides is 1. The quantitative estimate of drug-likeness (QED) is 0.496. The first-order valence-corrected chi connectivity index (χ1v) is 5.71. The van der Waals surface area contributed by atoms with Gasteiger partial charge in [-0.25, -0.2) is 0 Å². The lowest BCUT2D eigenvalue weighted by Gasteiger charge is -2.20. The highest BCUT2D eigenvalue weighted by atomic mass is 32.2. The number of carboxylic acids is 1. The van der Waals surface area contributed by atoms with Crippen LogP contribution in [0, 0.1) is 5.41 Å². The van der Waals surface area contributed by atoms with Crippen molar-refractivity contribution >= 4 is 23.6 Å². The summed E-state index contributed by atoms with van der Waals surface area (Å²) in [5, 5.41) is 8.85. The summed E-state index contributed by atoms with van der Waals surface area (Å²) >= 11 is 1.73. The van der Waals surface area contributed by atoms with Gasteiger partial charge in [-0.05, 0) is 31.3 Å². The van der Waals surface area contributed by atoms with Gasteiger partial charge < -0.3 is 10.8 Å². The number of nitrogens with two attached hydrogens (primary N) is 1. The van der Waals surface area contributed by atoms with Crippen LogP contribution in [0.15, 0.2) is 0 Å². The second kappa shape index (κ2) is 5.90. The predicted molar refractivity (Wildman–Crippen MR) is 57.2 cm³/mol. The lowest BCUT2D eigenvalue weighted by molar-refractivity contribution is -0.153. The van der Waals surface area contributed by atoms with Crippen LogP contribution in [0.3, 0.4) is 0 Å². The van der Waals surface area contributed by atoms with Crippen LogP contribution < -0.4 is 5.73 Å². The molecule has 0 aromatic heterocycles. The normalized spacial score (nSPS) is 14.7. The van der Waals surface area contributed by atoms with Crippen molar-refractivity contribution in [2.75, 3.05) is 11.5 Å². The van der Waals surface area contributed by atoms with Crippen molar-refractivity contribution in [1.82, 2.24) is 0 Å². The van der Waals surface area contributed by atoms with Crippen molar-refractivity contribution in [2.45, 2.75) is 26.7 Å². The maximum absolute atomic E-state index is 11.0. The minimum atomic E-state index is -1.41. The number of rotatable bonds is 7. The van der Waals surface area contributed by atoms with Gasteiger partial charge in [0, 0.05) is 0 Å². The summed E-state index contributed by atoms with van der Waals surface area (Å²) in [4.78, 5) is 21.8. The number of amides is 1. The zero-order valence-corrected chi connectivity index (χ0v) is 9.39. The first kappa shape index (κ1) is 13.3. The molecule has 0 aromatic carbocycles. The lowest BCUT2D eigenvalue weighted by atomic mass is 9.85. The number of thioether (sulfide) groups is 1. The third-order valence-electron chi connectivity index (χ3n) is 2.19. The molecule has 1 amide bonds. The molecule has 0 saturated heterocycles. The van der Waals surface area contributed by atoms with Crippen LogP contribution in [0.1, 0.15) is 26.7 Å². The Morgan fingerprint density at radius 1 is 1.50 bits per heavy atom. The molecule has 0 saturated carbocycles. The maximum atomic E-state index is 11.0. The van der Waals surface area contributed by atoms with Gasteiger partial charge in [-0.3, -0.25) is 9.59 Å². The van der Waals surface area contributed by atoms with Gasteiger partial charge in [0.15, 0.2) is 0 Å². The van der Waals surface area contributed by atoms with Crippen molar-refractivity contribution in [3.8, 4) is 0 Å². The van der Waals surface area contributed by atoms with E-state index in [1.807, 2.05) is 6.92 Å². The largest absolute Gasteiger partial charge is 0.480 e. The van der Waals surface area contributed by atoms with Crippen LogP contribution in [0.5, 0.6) is 0 Å². The molecular weight excluding hydrogens is 202 g/mol. The van der Waals surface area contributed by atoms with Gasteiger partial charge >= 0.3 is 5.97 Å². The highest BCUT2D eigenvalue weighted by Gasteiger charge is 2.38. The van der Waals surface area contributed by atoms with Crippen LogP contribution in [0.25, 0.3) is 0 Å². The smallest absolute Gasteiger partial charge is 0.318 e. The number of aliphatic carboxylic acids is 1. The van der Waals surface area contributed by atoms with Crippen LogP contribution >= 0.6 is 11.8 Å². The summed E-state index contributed by atoms with van der Waals surface area (Å²) in [6.45, 7) is 3.42. The Hall–Kier alpha value is -0.710. The molecule has 0 aliphatic heterocycles. The maximum Gasteiger partial charge on any atom is 0.318 e. The van der Waals surface area contributed by atoms with E-state index in [2.05, 4.69) is 0 Å². The molecule has 0 aliphatic rings. The van der Waals surface area contributed by atoms with Gasteiger partial charge in [-0.15, -0.1) is 0 Å². The van der Waals surface area contributed by atoms with Crippen molar-refractivity contribution < 1.29 is 14.7 Å². The van der Waals surface area contributed by atoms with Crippen molar-refractivity contribution in [1.29, 1.82) is 0 Å². The molecule has 1 atom stereocenters. The Labute approximate surface area is 88.2 Å². The average Bonchev–Trinajstić information content (AvgIpc) is 2.11. The Morgan fingerprint density at radius 2 is 2.07 bits per heavy atom. The molecule has 0 aromatic rings. The Bertz CT molecular complexity index is 204. The summed E-state index contributed by atoms with van der Waals surface area (Å²) in [5.74, 6) is -0.0227. The molecule has 0 rings (SSSR count). The Balaban J connectivity index is 4.12. The molecule has 14 heavy (non-hydrogen) atoms. The van der Waals surface area contributed by atoms with Gasteiger partial charge in [0.25, 0.3) is 0 Å². The molecule has 4 nitrogen and oxygen atoms in total. The van der Waals surface area contributed by atoms with E-state index in [4.69, 9.17) is 10.8 Å². The minimum absolute atomic E-state index is 0.310. The molecule has 82 valence electrons. The van der Waals surface area contributed by atoms with Gasteiger partial charge in [-0.1, -0.05) is 6.92 Å². The molecule has 1 unspecified atom stereocenters. The molecule has 5 heteroatoms. The van der Waals surface area contributed by atoms with E-state index < -0.39 is 17.3 Å². The van der Waals surface area contributed by atoms with E-state index >= 15 is 0 Å². The second-order valence-electron chi connectivity index (χ2n) is 3.30. The molecule has 0 bridgehead atoms. The average molecular weight is 219 g/mol. The molecule has 0 fully saturated rings. The summed E-state index contributed by atoms with van der Waals surface area (Å²) in [7, 11) is 0. The highest BCUT2D eigenvalue weighted by molar-refractivity contribution is 7.99. The van der Waals surface area contributed by atoms with Gasteiger partial charge in [-0.2, -0.15) is 11.8 Å². The van der Waals surface area contributed by atoms with Gasteiger partial charge in [0.1, 0.15) is 5.41 Å². The van der Waals surface area contributed by atoms with Crippen LogP contribution in [0.2, 0.25) is 0 Å². The summed E-state index contributed by atoms with van der Waals surface area (Å²) in [6.07, 6.45) is 1.01. The zero-order valence-electron chi connectivity index (χ0n) is 8.58. The molecule has 0 heterocycles. The molecular formula is C9H17NO3S. The lowest BCUT2D eigenvalue weighted by Crippen LogP contribution is -2.41. The molecule has 0 spiro atoms. The predicted octanol–water partition coefficient (Wildman–Crippen LogP) is 1.10. The van der Waals surface area contributed by atoms with E-state index in [1.165, 1.54) is 6.92 Å². The second-order valence-corrected chi connectivity index (χ2v) is 4.70. The fraction of sp³-hybridized carbons (Fsp3) is 0.778. The van der Waals surface area contributed by atoms with Crippen LogP contribution in [-0.2, 0) is 9.59 Å². The monoisotopic (exact) mass is 219 g/mol. The standard InChI is InChI=1S/C9H17NO3S/c1-3-14-6-4-5-9(2,7(10)11)8(12)13/h3-6H2,1-2H3,(H2,10,11)(H,12,13). The number of hydrogen-bond donors (Lipinski definition) is 2. The number of carbonyl (C=O) groups is 2. The van der Waals surface area contributed by atoms with Crippen molar-refractivity contribution in [2.24, 2.45) is 11.1 Å². The van der Waals surface area contributed by atoms with Crippen molar-refractivity contribution in [3.05, 3.63) is 0 Å². The van der Waals surface area contributed by atoms with E-state index in [1.54, 1.807) is 11.8 Å². The Morgan fingerprint density at radius 3 is 2.43 bits per heavy atom. The third-order valence-corrected chi connectivity index (χ3v) is 3.17. The number of carboxylic acid groups (broad SMARTS) is 1. The minimum Gasteiger partial charge on any atom is -0.480 e. The molecule has 0 aliphatic carbocycles. The number of hydrogen-bond acceptors (Lipinski definition) is 3. The number of carbonyl (C=O) groups excluding carboxylic acids is 1. The van der Waals surface area contributed by atoms with Gasteiger partial charge in [0.2, 0.25) is 5.91 Å². The third kappa shape index (κ3) is 3.57. The van der Waals surface area contributed by atoms with E-state index in [-0.39, 0.29) is 0 Å². The first-order chi connectivity index (χ1) is 6.45. The van der Waals surface area contributed by atoms with E-state index in [0.717, 1.165) is 11.5 Å². The van der Waals surface area contributed by atoms with Crippen LogP contribution in [-0.4, -0.2) is 28.5 Å². The van der Waals surface area contributed by atoms with E-state index in [0.29, 0.717) is 12.8 Å². The summed E-state index contributed by atoms with van der Waals surface area (Å²) < 4.78 is 0. The SMILES string of the molecule is CCSCCCC(C)(C(N)=O)C(=O)O. The highest BCUT2D eigenvalue weighted by Crippen LogP contribution is 2.24. The topological polar surface area (TPSA) is 80.4 Å². The first-order valence-electron chi connectivity index (χ1n) is 4.56. The zero-order chi connectivity index (χ0) is 11.2. The summed E-state index contributed by atoms with van der Waals surface area (Å²) in [5.41, 5.74) is 3.65. The van der Waals surface area contributed by atoms with Crippen molar-refractivity contribution in [3.63, 3.8) is 0 Å². The summed E-state index contributed by atoms with van der Waals surface area (Å²) in [6, 6.07) is 0. The fourth-order valence-electron chi connectivity index (χ4n) is 1.01. The van der Waals surface area contributed by atoms with Crippen LogP contribution in [0.4, 0.5) is 0 Å². The van der Waals surface area contributed by atoms with E-state index in [9.17, 15) is 9.59 Å². The fourth-order valence-corrected chi connectivity index (χ4v) is 1.64. The van der Waals surface area contributed by atoms with Gasteiger partial charge in [0.05, 0.1) is 0 Å². The molecule has 0 radical (unpaired) electrons. The Kier molecular flexibility index (Phi) is 5.60.